The SMILES string of the molecule is CC1CCN(S(=O)(=O)NCC2COC(C)(C)O2)CC1. The van der Waals surface area contributed by atoms with Crippen LogP contribution in [-0.2, 0) is 19.7 Å². The van der Waals surface area contributed by atoms with Crippen molar-refractivity contribution in [2.45, 2.75) is 45.5 Å². The fourth-order valence-corrected chi connectivity index (χ4v) is 3.65. The highest BCUT2D eigenvalue weighted by molar-refractivity contribution is 7.87. The summed E-state index contributed by atoms with van der Waals surface area (Å²) in [5.74, 6) is -0.00441. The van der Waals surface area contributed by atoms with E-state index >= 15 is 0 Å². The van der Waals surface area contributed by atoms with Gasteiger partial charge in [-0.05, 0) is 32.6 Å². The van der Waals surface area contributed by atoms with Crippen molar-refractivity contribution in [2.24, 2.45) is 5.92 Å². The number of piperidine rings is 1. The Morgan fingerprint density at radius 2 is 1.95 bits per heavy atom. The third-order valence-electron chi connectivity index (χ3n) is 3.64. The Morgan fingerprint density at radius 3 is 2.47 bits per heavy atom. The second kappa shape index (κ2) is 5.65. The highest BCUT2D eigenvalue weighted by Crippen LogP contribution is 2.22. The fraction of sp³-hybridized carbons (Fsp3) is 1.00. The van der Waals surface area contributed by atoms with Crippen LogP contribution in [0.4, 0.5) is 0 Å². The largest absolute Gasteiger partial charge is 0.348 e. The minimum atomic E-state index is -3.38. The summed E-state index contributed by atoms with van der Waals surface area (Å²) in [7, 11) is -3.38. The highest BCUT2D eigenvalue weighted by Gasteiger charge is 2.34. The molecule has 6 nitrogen and oxygen atoms in total. The third kappa shape index (κ3) is 4.13. The molecule has 112 valence electrons. The summed E-state index contributed by atoms with van der Waals surface area (Å²) < 4.78 is 39.4. The van der Waals surface area contributed by atoms with E-state index in [1.54, 1.807) is 0 Å². The molecule has 0 aromatic heterocycles. The number of rotatable bonds is 4. The van der Waals surface area contributed by atoms with Crippen molar-refractivity contribution >= 4 is 10.2 Å². The lowest BCUT2D eigenvalue weighted by atomic mass is 10.0. The van der Waals surface area contributed by atoms with E-state index < -0.39 is 16.0 Å². The van der Waals surface area contributed by atoms with Gasteiger partial charge in [-0.3, -0.25) is 0 Å². The van der Waals surface area contributed by atoms with Gasteiger partial charge in [0.2, 0.25) is 0 Å². The Labute approximate surface area is 115 Å². The highest BCUT2D eigenvalue weighted by atomic mass is 32.2. The van der Waals surface area contributed by atoms with Gasteiger partial charge in [-0.15, -0.1) is 0 Å². The average molecular weight is 292 g/mol. The van der Waals surface area contributed by atoms with Crippen molar-refractivity contribution in [3.63, 3.8) is 0 Å². The predicted octanol–water partition coefficient (Wildman–Crippen LogP) is 0.704. The average Bonchev–Trinajstić information content (AvgIpc) is 2.67. The molecule has 0 saturated carbocycles. The first-order valence-electron chi connectivity index (χ1n) is 6.85. The van der Waals surface area contributed by atoms with Gasteiger partial charge in [0.25, 0.3) is 10.2 Å². The predicted molar refractivity (Wildman–Crippen MR) is 71.8 cm³/mol. The number of hydrogen-bond acceptors (Lipinski definition) is 4. The van der Waals surface area contributed by atoms with Crippen LogP contribution in [0.2, 0.25) is 0 Å². The molecule has 2 rings (SSSR count). The van der Waals surface area contributed by atoms with Crippen molar-refractivity contribution in [1.82, 2.24) is 9.03 Å². The molecule has 0 aromatic rings. The number of hydrogen-bond donors (Lipinski definition) is 1. The van der Waals surface area contributed by atoms with Crippen LogP contribution in [0.3, 0.4) is 0 Å². The maximum absolute atomic E-state index is 12.1. The summed E-state index contributed by atoms with van der Waals surface area (Å²) in [6.45, 7) is 7.70. The van der Waals surface area contributed by atoms with E-state index in [-0.39, 0.29) is 12.6 Å². The van der Waals surface area contributed by atoms with Crippen LogP contribution in [0.15, 0.2) is 0 Å². The maximum atomic E-state index is 12.1. The zero-order valence-corrected chi connectivity index (χ0v) is 12.7. The summed E-state index contributed by atoms with van der Waals surface area (Å²) in [4.78, 5) is 0. The lowest BCUT2D eigenvalue weighted by Gasteiger charge is -2.29. The second-order valence-corrected chi connectivity index (χ2v) is 7.64. The van der Waals surface area contributed by atoms with Crippen LogP contribution in [-0.4, -0.2) is 50.9 Å². The van der Waals surface area contributed by atoms with Crippen molar-refractivity contribution < 1.29 is 17.9 Å². The third-order valence-corrected chi connectivity index (χ3v) is 5.22. The van der Waals surface area contributed by atoms with Crippen molar-refractivity contribution in [1.29, 1.82) is 0 Å². The normalized spacial score (nSPS) is 29.7. The molecule has 7 heteroatoms. The van der Waals surface area contributed by atoms with Crippen LogP contribution in [0.5, 0.6) is 0 Å². The first kappa shape index (κ1) is 15.2. The molecular formula is C12H24N2O4S. The Balaban J connectivity index is 1.81. The summed E-state index contributed by atoms with van der Waals surface area (Å²) in [5, 5.41) is 0. The monoisotopic (exact) mass is 292 g/mol. The molecule has 1 unspecified atom stereocenters. The van der Waals surface area contributed by atoms with E-state index in [0.717, 1.165) is 12.8 Å². The molecule has 0 amide bonds. The maximum Gasteiger partial charge on any atom is 0.279 e. The Kier molecular flexibility index (Phi) is 4.52. The molecule has 2 aliphatic heterocycles. The van der Waals surface area contributed by atoms with Crippen LogP contribution >= 0.6 is 0 Å². The van der Waals surface area contributed by atoms with Crippen LogP contribution in [0.1, 0.15) is 33.6 Å². The molecule has 2 fully saturated rings. The smallest absolute Gasteiger partial charge is 0.279 e. The van der Waals surface area contributed by atoms with E-state index in [4.69, 9.17) is 9.47 Å². The van der Waals surface area contributed by atoms with Crippen LogP contribution in [0.25, 0.3) is 0 Å². The Hall–Kier alpha value is -0.210. The van der Waals surface area contributed by atoms with Gasteiger partial charge in [0.05, 0.1) is 12.7 Å². The molecule has 2 saturated heterocycles. The topological polar surface area (TPSA) is 67.9 Å². The van der Waals surface area contributed by atoms with Gasteiger partial charge >= 0.3 is 0 Å². The van der Waals surface area contributed by atoms with Gasteiger partial charge in [-0.2, -0.15) is 17.4 Å². The van der Waals surface area contributed by atoms with Gasteiger partial charge in [0, 0.05) is 19.6 Å². The molecule has 0 bridgehead atoms. The van der Waals surface area contributed by atoms with Gasteiger partial charge in [-0.1, -0.05) is 6.92 Å². The standard InChI is InChI=1S/C12H24N2O4S/c1-10-4-6-14(7-5-10)19(15,16)13-8-11-9-17-12(2,3)18-11/h10-11,13H,4-9H2,1-3H3. The molecule has 2 aliphatic rings. The van der Waals surface area contributed by atoms with Crippen molar-refractivity contribution in [3.05, 3.63) is 0 Å². The Bertz CT molecular complexity index is 402. The molecule has 19 heavy (non-hydrogen) atoms. The van der Waals surface area contributed by atoms with Gasteiger partial charge in [0.1, 0.15) is 0 Å². The minimum absolute atomic E-state index is 0.214. The number of ether oxygens (including phenoxy) is 2. The number of nitrogens with one attached hydrogen (secondary N) is 1. The molecule has 0 aromatic carbocycles. The van der Waals surface area contributed by atoms with E-state index in [1.165, 1.54) is 4.31 Å². The summed E-state index contributed by atoms with van der Waals surface area (Å²) in [6.07, 6.45) is 1.64. The number of nitrogens with zero attached hydrogens (tertiary/aromatic N) is 1. The molecular weight excluding hydrogens is 268 g/mol. The van der Waals surface area contributed by atoms with Crippen LogP contribution < -0.4 is 4.72 Å². The summed E-state index contributed by atoms with van der Waals surface area (Å²) in [5.41, 5.74) is 0. The van der Waals surface area contributed by atoms with Crippen molar-refractivity contribution in [3.8, 4) is 0 Å². The van der Waals surface area contributed by atoms with Gasteiger partial charge < -0.3 is 9.47 Å². The lowest BCUT2D eigenvalue weighted by molar-refractivity contribution is -0.137. The molecule has 0 spiro atoms. The van der Waals surface area contributed by atoms with Crippen molar-refractivity contribution in [2.75, 3.05) is 26.2 Å². The second-order valence-electron chi connectivity index (χ2n) is 5.89. The van der Waals surface area contributed by atoms with Gasteiger partial charge in [0.15, 0.2) is 5.79 Å². The fourth-order valence-electron chi connectivity index (χ4n) is 2.38. The first-order chi connectivity index (χ1) is 8.78. The molecule has 1 atom stereocenters. The molecule has 1 N–H and O–H groups in total. The Morgan fingerprint density at radius 1 is 1.32 bits per heavy atom. The zero-order valence-electron chi connectivity index (χ0n) is 11.9. The van der Waals surface area contributed by atoms with Crippen LogP contribution in [0, 0.1) is 5.92 Å². The summed E-state index contributed by atoms with van der Waals surface area (Å²) >= 11 is 0. The quantitative estimate of drug-likeness (QED) is 0.828. The summed E-state index contributed by atoms with van der Waals surface area (Å²) in [6, 6.07) is 0. The van der Waals surface area contributed by atoms with E-state index in [0.29, 0.717) is 25.6 Å². The van der Waals surface area contributed by atoms with Gasteiger partial charge in [-0.25, -0.2) is 0 Å². The molecule has 0 aliphatic carbocycles. The lowest BCUT2D eigenvalue weighted by Crippen LogP contribution is -2.47. The molecule has 0 radical (unpaired) electrons. The first-order valence-corrected chi connectivity index (χ1v) is 8.29. The van der Waals surface area contributed by atoms with E-state index in [1.807, 2.05) is 13.8 Å². The van der Waals surface area contributed by atoms with E-state index in [9.17, 15) is 8.42 Å². The zero-order chi connectivity index (χ0) is 14.1. The minimum Gasteiger partial charge on any atom is -0.348 e. The van der Waals surface area contributed by atoms with E-state index in [2.05, 4.69) is 11.6 Å². The molecule has 2 heterocycles.